The van der Waals surface area contributed by atoms with Gasteiger partial charge in [0.15, 0.2) is 0 Å². The molecule has 0 bridgehead atoms. The highest BCUT2D eigenvalue weighted by Gasteiger charge is 2.32. The number of ether oxygens (including phenoxy) is 1. The van der Waals surface area contributed by atoms with Crippen molar-refractivity contribution in [2.45, 2.75) is 63.9 Å². The van der Waals surface area contributed by atoms with Gasteiger partial charge in [-0.05, 0) is 37.5 Å². The smallest absolute Gasteiger partial charge is 0.208 e. The minimum atomic E-state index is 0.205. The van der Waals surface area contributed by atoms with E-state index in [1.807, 2.05) is 0 Å². The lowest BCUT2D eigenvalue weighted by Gasteiger charge is -2.27. The number of anilines is 1. The summed E-state index contributed by atoms with van der Waals surface area (Å²) in [6.07, 6.45) is 12.4. The van der Waals surface area contributed by atoms with Gasteiger partial charge in [-0.25, -0.2) is 0 Å². The van der Waals surface area contributed by atoms with E-state index < -0.39 is 0 Å². The minimum absolute atomic E-state index is 0.205. The topological polar surface area (TPSA) is 38.2 Å². The van der Waals surface area contributed by atoms with Gasteiger partial charge in [-0.2, -0.15) is 0 Å². The molecular weight excluding hydrogens is 294 g/mol. The third-order valence-electron chi connectivity index (χ3n) is 5.70. The average molecular weight is 321 g/mol. The first kappa shape index (κ1) is 14.9. The SMILES string of the molecule is C1CCC(C2CCN(c3nnc(C4CCCCO4)s3)C2)CC1. The normalized spacial score (nSPS) is 30.8. The Labute approximate surface area is 137 Å². The molecule has 2 unspecified atom stereocenters. The van der Waals surface area contributed by atoms with Crippen molar-refractivity contribution in [3.05, 3.63) is 5.01 Å². The van der Waals surface area contributed by atoms with Gasteiger partial charge in [0.05, 0.1) is 0 Å². The van der Waals surface area contributed by atoms with Crippen molar-refractivity contribution in [2.75, 3.05) is 24.6 Å². The molecule has 0 aromatic carbocycles. The first-order valence-electron chi connectivity index (χ1n) is 9.10. The van der Waals surface area contributed by atoms with Gasteiger partial charge in [-0.3, -0.25) is 0 Å². The van der Waals surface area contributed by atoms with Crippen LogP contribution in [0.15, 0.2) is 0 Å². The van der Waals surface area contributed by atoms with E-state index in [0.29, 0.717) is 0 Å². The molecule has 4 nitrogen and oxygen atoms in total. The number of hydrogen-bond donors (Lipinski definition) is 0. The molecule has 2 aliphatic heterocycles. The van der Waals surface area contributed by atoms with E-state index in [4.69, 9.17) is 4.74 Å². The van der Waals surface area contributed by atoms with E-state index in [1.165, 1.54) is 64.5 Å². The molecule has 2 saturated heterocycles. The Morgan fingerprint density at radius 3 is 2.59 bits per heavy atom. The fourth-order valence-electron chi connectivity index (χ4n) is 4.37. The van der Waals surface area contributed by atoms with Crippen LogP contribution in [0, 0.1) is 11.8 Å². The molecule has 5 heteroatoms. The highest BCUT2D eigenvalue weighted by atomic mass is 32.1. The number of aromatic nitrogens is 2. The average Bonchev–Trinajstić information content (AvgIpc) is 3.26. The van der Waals surface area contributed by atoms with Crippen LogP contribution in [0.2, 0.25) is 0 Å². The van der Waals surface area contributed by atoms with Crippen molar-refractivity contribution in [2.24, 2.45) is 11.8 Å². The summed E-state index contributed by atoms with van der Waals surface area (Å²) >= 11 is 1.76. The third kappa shape index (κ3) is 3.16. The zero-order valence-electron chi connectivity index (χ0n) is 13.4. The zero-order chi connectivity index (χ0) is 14.8. The van der Waals surface area contributed by atoms with E-state index in [2.05, 4.69) is 15.1 Å². The lowest BCUT2D eigenvalue weighted by atomic mass is 9.80. The van der Waals surface area contributed by atoms with Crippen molar-refractivity contribution in [3.63, 3.8) is 0 Å². The van der Waals surface area contributed by atoms with Gasteiger partial charge in [0.1, 0.15) is 11.1 Å². The van der Waals surface area contributed by atoms with Gasteiger partial charge in [0.2, 0.25) is 5.13 Å². The summed E-state index contributed by atoms with van der Waals surface area (Å²) in [4.78, 5) is 2.48. The predicted molar refractivity (Wildman–Crippen MR) is 89.3 cm³/mol. The largest absolute Gasteiger partial charge is 0.371 e. The van der Waals surface area contributed by atoms with E-state index in [0.717, 1.165) is 35.0 Å². The monoisotopic (exact) mass is 321 g/mol. The summed E-state index contributed by atoms with van der Waals surface area (Å²) < 4.78 is 5.85. The summed E-state index contributed by atoms with van der Waals surface area (Å²) in [6, 6.07) is 0. The minimum Gasteiger partial charge on any atom is -0.371 e. The summed E-state index contributed by atoms with van der Waals surface area (Å²) in [5, 5.41) is 11.1. The Morgan fingerprint density at radius 2 is 1.77 bits per heavy atom. The van der Waals surface area contributed by atoms with Crippen LogP contribution in [0.25, 0.3) is 0 Å². The second kappa shape index (κ2) is 6.83. The molecule has 0 N–H and O–H groups in total. The molecule has 1 aromatic heterocycles. The second-order valence-corrected chi connectivity index (χ2v) is 8.16. The fraction of sp³-hybridized carbons (Fsp3) is 0.882. The highest BCUT2D eigenvalue weighted by Crippen LogP contribution is 2.38. The van der Waals surface area contributed by atoms with Gasteiger partial charge in [-0.1, -0.05) is 43.4 Å². The molecule has 3 heterocycles. The van der Waals surface area contributed by atoms with Gasteiger partial charge in [0, 0.05) is 19.7 Å². The molecule has 0 amide bonds. The van der Waals surface area contributed by atoms with Crippen LogP contribution in [0.3, 0.4) is 0 Å². The van der Waals surface area contributed by atoms with Gasteiger partial charge >= 0.3 is 0 Å². The standard InChI is InChI=1S/C17H27N3OS/c1-2-6-13(7-3-1)14-9-10-20(12-14)17-19-18-16(22-17)15-8-4-5-11-21-15/h13-15H,1-12H2. The molecule has 2 atom stereocenters. The quantitative estimate of drug-likeness (QED) is 0.837. The Morgan fingerprint density at radius 1 is 0.909 bits per heavy atom. The molecule has 3 fully saturated rings. The lowest BCUT2D eigenvalue weighted by Crippen LogP contribution is -2.23. The Balaban J connectivity index is 1.37. The Kier molecular flexibility index (Phi) is 4.62. The van der Waals surface area contributed by atoms with Gasteiger partial charge in [-0.15, -0.1) is 10.2 Å². The number of nitrogens with zero attached hydrogens (tertiary/aromatic N) is 3. The molecule has 0 spiro atoms. The van der Waals surface area contributed by atoms with E-state index in [9.17, 15) is 0 Å². The highest BCUT2D eigenvalue weighted by molar-refractivity contribution is 7.15. The van der Waals surface area contributed by atoms with Crippen LogP contribution in [0.5, 0.6) is 0 Å². The van der Waals surface area contributed by atoms with Gasteiger partial charge in [0.25, 0.3) is 0 Å². The summed E-state index contributed by atoms with van der Waals surface area (Å²) in [6.45, 7) is 3.25. The summed E-state index contributed by atoms with van der Waals surface area (Å²) in [7, 11) is 0. The maximum absolute atomic E-state index is 5.85. The Hall–Kier alpha value is -0.680. The fourth-order valence-corrected chi connectivity index (χ4v) is 5.33. The molecule has 1 aromatic rings. The third-order valence-corrected chi connectivity index (χ3v) is 6.77. The van der Waals surface area contributed by atoms with Crippen LogP contribution in [-0.4, -0.2) is 29.9 Å². The zero-order valence-corrected chi connectivity index (χ0v) is 14.2. The van der Waals surface area contributed by atoms with Gasteiger partial charge < -0.3 is 9.64 Å². The predicted octanol–water partition coefficient (Wildman–Crippen LogP) is 4.19. The van der Waals surface area contributed by atoms with E-state index >= 15 is 0 Å². The van der Waals surface area contributed by atoms with Crippen molar-refractivity contribution in [1.82, 2.24) is 10.2 Å². The number of hydrogen-bond acceptors (Lipinski definition) is 5. The van der Waals surface area contributed by atoms with Crippen LogP contribution in [-0.2, 0) is 4.74 Å². The van der Waals surface area contributed by atoms with Crippen molar-refractivity contribution < 1.29 is 4.74 Å². The lowest BCUT2D eigenvalue weighted by molar-refractivity contribution is 0.0144. The van der Waals surface area contributed by atoms with Crippen LogP contribution >= 0.6 is 11.3 Å². The number of rotatable bonds is 3. The molecule has 1 aliphatic carbocycles. The van der Waals surface area contributed by atoms with E-state index in [1.54, 1.807) is 11.3 Å². The van der Waals surface area contributed by atoms with E-state index in [-0.39, 0.29) is 6.10 Å². The maximum Gasteiger partial charge on any atom is 0.208 e. The molecule has 4 rings (SSSR count). The van der Waals surface area contributed by atoms with Crippen LogP contribution in [0.4, 0.5) is 5.13 Å². The van der Waals surface area contributed by atoms with Crippen molar-refractivity contribution in [3.8, 4) is 0 Å². The van der Waals surface area contributed by atoms with Crippen molar-refractivity contribution >= 4 is 16.5 Å². The molecule has 122 valence electrons. The summed E-state index contributed by atoms with van der Waals surface area (Å²) in [5.41, 5.74) is 0. The first-order chi connectivity index (χ1) is 10.9. The molecule has 22 heavy (non-hydrogen) atoms. The van der Waals surface area contributed by atoms with Crippen molar-refractivity contribution in [1.29, 1.82) is 0 Å². The molecule has 1 saturated carbocycles. The molecule has 0 radical (unpaired) electrons. The first-order valence-corrected chi connectivity index (χ1v) is 9.92. The van der Waals surface area contributed by atoms with Crippen LogP contribution < -0.4 is 4.90 Å². The summed E-state index contributed by atoms with van der Waals surface area (Å²) in [5.74, 6) is 1.85. The van der Waals surface area contributed by atoms with Crippen LogP contribution in [0.1, 0.15) is 68.9 Å². The molecule has 3 aliphatic rings. The molecular formula is C17H27N3OS. The Bertz CT molecular complexity index is 480. The maximum atomic E-state index is 5.85. The second-order valence-electron chi connectivity index (χ2n) is 7.17.